The number of hydrogen-bond donors (Lipinski definition) is 2. The van der Waals surface area contributed by atoms with Crippen LogP contribution in [0.4, 0.5) is 11.4 Å². The van der Waals surface area contributed by atoms with Crippen molar-refractivity contribution >= 4 is 45.0 Å². The topological polar surface area (TPSA) is 55.1 Å². The maximum atomic E-state index is 12.0. The number of aryl methyl sites for hydroxylation is 1. The van der Waals surface area contributed by atoms with Gasteiger partial charge in [-0.05, 0) is 43.2 Å². The van der Waals surface area contributed by atoms with E-state index in [1.54, 1.807) is 11.8 Å². The molecule has 5 heteroatoms. The second-order valence-corrected chi connectivity index (χ2v) is 6.40. The molecule has 0 bridgehead atoms. The molecule has 0 aromatic heterocycles. The minimum Gasteiger partial charge on any atom is -0.397 e. The Kier molecular flexibility index (Phi) is 3.99. The molecule has 1 unspecified atom stereocenters. The maximum Gasteiger partial charge on any atom is 0.237 e. The molecule has 0 saturated carbocycles. The molecule has 0 aliphatic carbocycles. The molecule has 17 heavy (non-hydrogen) atoms. The molecule has 1 saturated heterocycles. The third kappa shape index (κ3) is 2.96. The van der Waals surface area contributed by atoms with Crippen molar-refractivity contribution in [2.75, 3.05) is 16.8 Å². The van der Waals surface area contributed by atoms with Gasteiger partial charge in [0.05, 0.1) is 16.6 Å². The molecular formula is C12H15BrN2OS. The van der Waals surface area contributed by atoms with Crippen LogP contribution in [0.1, 0.15) is 18.4 Å². The van der Waals surface area contributed by atoms with Gasteiger partial charge in [-0.1, -0.05) is 15.9 Å². The summed E-state index contributed by atoms with van der Waals surface area (Å²) >= 11 is 5.11. The summed E-state index contributed by atoms with van der Waals surface area (Å²) in [4.78, 5) is 12.0. The lowest BCUT2D eigenvalue weighted by atomic mass is 10.1. The van der Waals surface area contributed by atoms with Crippen molar-refractivity contribution in [1.29, 1.82) is 0 Å². The highest BCUT2D eigenvalue weighted by molar-refractivity contribution is 9.10. The van der Waals surface area contributed by atoms with Crippen molar-refractivity contribution in [2.45, 2.75) is 25.0 Å². The third-order valence-electron chi connectivity index (χ3n) is 2.80. The molecule has 1 aliphatic rings. The lowest BCUT2D eigenvalue weighted by Crippen LogP contribution is -2.23. The molecule has 1 heterocycles. The first kappa shape index (κ1) is 12.8. The molecule has 1 atom stereocenters. The molecule has 1 amide bonds. The molecule has 1 fully saturated rings. The van der Waals surface area contributed by atoms with E-state index in [9.17, 15) is 4.79 Å². The van der Waals surface area contributed by atoms with Crippen LogP contribution < -0.4 is 11.1 Å². The number of carbonyl (C=O) groups is 1. The number of nitrogen functional groups attached to an aromatic ring is 1. The number of nitrogens with two attached hydrogens (primary N) is 1. The zero-order chi connectivity index (χ0) is 12.4. The molecule has 3 nitrogen and oxygen atoms in total. The predicted octanol–water partition coefficient (Wildman–Crippen LogP) is 3.17. The Bertz CT molecular complexity index is 421. The smallest absolute Gasteiger partial charge is 0.237 e. The van der Waals surface area contributed by atoms with Crippen LogP contribution in [0.3, 0.4) is 0 Å². The second kappa shape index (κ2) is 5.31. The Hall–Kier alpha value is -0.680. The van der Waals surface area contributed by atoms with Crippen LogP contribution in [0, 0.1) is 6.92 Å². The molecule has 2 rings (SSSR count). The number of thioether (sulfide) groups is 1. The quantitative estimate of drug-likeness (QED) is 0.824. The Morgan fingerprint density at radius 3 is 2.94 bits per heavy atom. The fourth-order valence-corrected chi connectivity index (χ4v) is 3.68. The molecule has 0 spiro atoms. The first-order chi connectivity index (χ1) is 8.08. The van der Waals surface area contributed by atoms with Gasteiger partial charge in [-0.15, -0.1) is 11.8 Å². The van der Waals surface area contributed by atoms with E-state index < -0.39 is 0 Å². The number of nitrogens with one attached hydrogen (secondary N) is 1. The predicted molar refractivity (Wildman–Crippen MR) is 77.4 cm³/mol. The van der Waals surface area contributed by atoms with E-state index in [0.29, 0.717) is 5.69 Å². The van der Waals surface area contributed by atoms with Gasteiger partial charge in [-0.3, -0.25) is 4.79 Å². The summed E-state index contributed by atoms with van der Waals surface area (Å²) in [5.74, 6) is 1.15. The van der Waals surface area contributed by atoms with Crippen LogP contribution in [0.25, 0.3) is 0 Å². The van der Waals surface area contributed by atoms with Crippen molar-refractivity contribution < 1.29 is 4.79 Å². The summed E-state index contributed by atoms with van der Waals surface area (Å²) in [6.45, 7) is 1.94. The van der Waals surface area contributed by atoms with Crippen LogP contribution >= 0.6 is 27.7 Å². The van der Waals surface area contributed by atoms with Gasteiger partial charge < -0.3 is 11.1 Å². The minimum atomic E-state index is 0.0737. The molecule has 1 aromatic rings. The zero-order valence-corrected chi connectivity index (χ0v) is 12.0. The number of halogens is 1. The Balaban J connectivity index is 2.15. The normalized spacial score (nSPS) is 19.3. The first-order valence-corrected chi connectivity index (χ1v) is 7.40. The van der Waals surface area contributed by atoms with Gasteiger partial charge in [0.25, 0.3) is 0 Å². The Labute approximate surface area is 114 Å². The van der Waals surface area contributed by atoms with Gasteiger partial charge >= 0.3 is 0 Å². The van der Waals surface area contributed by atoms with Gasteiger partial charge in [-0.2, -0.15) is 0 Å². The summed E-state index contributed by atoms with van der Waals surface area (Å²) < 4.78 is 0.931. The van der Waals surface area contributed by atoms with Gasteiger partial charge in [0.15, 0.2) is 0 Å². The van der Waals surface area contributed by atoms with E-state index in [-0.39, 0.29) is 11.2 Å². The highest BCUT2D eigenvalue weighted by Crippen LogP contribution is 2.31. The van der Waals surface area contributed by atoms with Crippen molar-refractivity contribution in [3.05, 3.63) is 22.2 Å². The van der Waals surface area contributed by atoms with E-state index in [0.717, 1.165) is 34.3 Å². The van der Waals surface area contributed by atoms with Crippen molar-refractivity contribution in [1.82, 2.24) is 0 Å². The summed E-state index contributed by atoms with van der Waals surface area (Å²) in [7, 11) is 0. The maximum absolute atomic E-state index is 12.0. The van der Waals surface area contributed by atoms with Crippen LogP contribution in [0.5, 0.6) is 0 Å². The highest BCUT2D eigenvalue weighted by atomic mass is 79.9. The van der Waals surface area contributed by atoms with Gasteiger partial charge in [-0.25, -0.2) is 0 Å². The number of rotatable bonds is 2. The number of anilines is 2. The van der Waals surface area contributed by atoms with E-state index in [2.05, 4.69) is 21.2 Å². The number of hydrogen-bond acceptors (Lipinski definition) is 3. The minimum absolute atomic E-state index is 0.0737. The molecule has 1 aliphatic heterocycles. The number of carbonyl (C=O) groups excluding carboxylic acids is 1. The SMILES string of the molecule is Cc1cc(Br)cc(N)c1NC(=O)C1CCCS1. The van der Waals surface area contributed by atoms with Gasteiger partial charge in [0.2, 0.25) is 5.91 Å². The second-order valence-electron chi connectivity index (χ2n) is 4.18. The molecule has 92 valence electrons. The third-order valence-corrected chi connectivity index (χ3v) is 4.64. The van der Waals surface area contributed by atoms with Gasteiger partial charge in [0.1, 0.15) is 0 Å². The van der Waals surface area contributed by atoms with Crippen LogP contribution in [0.15, 0.2) is 16.6 Å². The average Bonchev–Trinajstić information content (AvgIpc) is 2.76. The van der Waals surface area contributed by atoms with Crippen LogP contribution in [0.2, 0.25) is 0 Å². The largest absolute Gasteiger partial charge is 0.397 e. The van der Waals surface area contributed by atoms with E-state index in [1.807, 2.05) is 19.1 Å². The molecule has 0 radical (unpaired) electrons. The van der Waals surface area contributed by atoms with E-state index in [4.69, 9.17) is 5.73 Å². The summed E-state index contributed by atoms with van der Waals surface area (Å²) in [6, 6.07) is 3.76. The zero-order valence-electron chi connectivity index (χ0n) is 9.63. The van der Waals surface area contributed by atoms with Crippen molar-refractivity contribution in [3.8, 4) is 0 Å². The lowest BCUT2D eigenvalue weighted by Gasteiger charge is -2.14. The van der Waals surface area contributed by atoms with Gasteiger partial charge in [0, 0.05) is 4.47 Å². The van der Waals surface area contributed by atoms with Crippen molar-refractivity contribution in [3.63, 3.8) is 0 Å². The van der Waals surface area contributed by atoms with Crippen LogP contribution in [-0.2, 0) is 4.79 Å². The highest BCUT2D eigenvalue weighted by Gasteiger charge is 2.24. The summed E-state index contributed by atoms with van der Waals surface area (Å²) in [6.07, 6.45) is 2.09. The van der Waals surface area contributed by atoms with E-state index >= 15 is 0 Å². The number of amides is 1. The Morgan fingerprint density at radius 1 is 1.59 bits per heavy atom. The summed E-state index contributed by atoms with van der Waals surface area (Å²) in [5, 5.41) is 3.02. The van der Waals surface area contributed by atoms with Crippen LogP contribution in [-0.4, -0.2) is 16.9 Å². The fourth-order valence-electron chi connectivity index (χ4n) is 1.93. The molecular weight excluding hydrogens is 300 g/mol. The fraction of sp³-hybridized carbons (Fsp3) is 0.417. The van der Waals surface area contributed by atoms with E-state index in [1.165, 1.54) is 0 Å². The first-order valence-electron chi connectivity index (χ1n) is 5.56. The molecule has 3 N–H and O–H groups in total. The Morgan fingerprint density at radius 2 is 2.35 bits per heavy atom. The summed E-state index contributed by atoms with van der Waals surface area (Å²) in [5.41, 5.74) is 8.24. The molecule has 1 aromatic carbocycles. The monoisotopic (exact) mass is 314 g/mol. The standard InChI is InChI=1S/C12H15BrN2OS/c1-7-5-8(13)6-9(14)11(7)15-12(16)10-3-2-4-17-10/h5-6,10H,2-4,14H2,1H3,(H,15,16). The van der Waals surface area contributed by atoms with Crippen molar-refractivity contribution in [2.24, 2.45) is 0 Å². The average molecular weight is 315 g/mol. The number of benzene rings is 1. The lowest BCUT2D eigenvalue weighted by molar-refractivity contribution is -0.115.